The fourth-order valence-electron chi connectivity index (χ4n) is 3.19. The number of hydrogen-bond acceptors (Lipinski definition) is 4. The fraction of sp³-hybridized carbons (Fsp3) is 0.227. The Kier molecular flexibility index (Phi) is 6.31. The van der Waals surface area contributed by atoms with Gasteiger partial charge in [0.25, 0.3) is 0 Å². The molecule has 0 atom stereocenters. The van der Waals surface area contributed by atoms with Crippen LogP contribution >= 0.6 is 11.8 Å². The summed E-state index contributed by atoms with van der Waals surface area (Å²) >= 11 is 1.41. The molecular formula is C22H24N4OS. The van der Waals surface area contributed by atoms with Crippen molar-refractivity contribution in [3.63, 3.8) is 0 Å². The number of thioether (sulfide) groups is 1. The molecule has 0 bridgehead atoms. The van der Waals surface area contributed by atoms with E-state index < -0.39 is 0 Å². The van der Waals surface area contributed by atoms with Crippen LogP contribution in [0.5, 0.6) is 0 Å². The number of aromatic nitrogens is 4. The van der Waals surface area contributed by atoms with Crippen molar-refractivity contribution >= 4 is 17.5 Å². The second kappa shape index (κ2) is 8.89. The summed E-state index contributed by atoms with van der Waals surface area (Å²) in [5.74, 6) is 1.17. The van der Waals surface area contributed by atoms with Gasteiger partial charge in [0.2, 0.25) is 0 Å². The van der Waals surface area contributed by atoms with Gasteiger partial charge in [-0.2, -0.15) is 0 Å². The van der Waals surface area contributed by atoms with Gasteiger partial charge in [-0.3, -0.25) is 9.36 Å². The fourth-order valence-corrected chi connectivity index (χ4v) is 4.02. The molecule has 0 unspecified atom stereocenters. The molecule has 0 saturated heterocycles. The summed E-state index contributed by atoms with van der Waals surface area (Å²) in [6.07, 6.45) is 3.65. The number of allylic oxidation sites excluding steroid dienone is 2. The minimum Gasteiger partial charge on any atom is -0.345 e. The van der Waals surface area contributed by atoms with E-state index >= 15 is 0 Å². The first-order chi connectivity index (χ1) is 13.6. The normalized spacial score (nSPS) is 10.8. The van der Waals surface area contributed by atoms with E-state index in [0.717, 1.165) is 28.3 Å². The molecule has 144 valence electrons. The number of carbonyl (C=O) groups is 1. The lowest BCUT2D eigenvalue weighted by Gasteiger charge is -2.08. The predicted octanol–water partition coefficient (Wildman–Crippen LogP) is 4.71. The highest BCUT2D eigenvalue weighted by molar-refractivity contribution is 7.99. The first-order valence-corrected chi connectivity index (χ1v) is 10.1. The topological polar surface area (TPSA) is 52.7 Å². The zero-order valence-electron chi connectivity index (χ0n) is 16.3. The maximum atomic E-state index is 12.8. The van der Waals surface area contributed by atoms with Crippen molar-refractivity contribution in [2.45, 2.75) is 32.1 Å². The molecule has 0 radical (unpaired) electrons. The third-order valence-corrected chi connectivity index (χ3v) is 5.55. The SMILES string of the molecule is C=CCn1c(SCC(=O)c2cc(C)n(CC=C)c2C)nnc1-c1ccccc1. The molecule has 5 nitrogen and oxygen atoms in total. The quantitative estimate of drug-likeness (QED) is 0.301. The van der Waals surface area contributed by atoms with Gasteiger partial charge < -0.3 is 4.57 Å². The van der Waals surface area contributed by atoms with Crippen molar-refractivity contribution in [1.82, 2.24) is 19.3 Å². The van der Waals surface area contributed by atoms with Crippen LogP contribution in [-0.2, 0) is 13.1 Å². The summed E-state index contributed by atoms with van der Waals surface area (Å²) in [6.45, 7) is 12.9. The van der Waals surface area contributed by atoms with E-state index in [9.17, 15) is 4.79 Å². The molecule has 0 N–H and O–H groups in total. The number of hydrogen-bond donors (Lipinski definition) is 0. The summed E-state index contributed by atoms with van der Waals surface area (Å²) < 4.78 is 4.08. The molecule has 0 saturated carbocycles. The van der Waals surface area contributed by atoms with Crippen molar-refractivity contribution < 1.29 is 4.79 Å². The van der Waals surface area contributed by atoms with Gasteiger partial charge in [-0.05, 0) is 19.9 Å². The van der Waals surface area contributed by atoms with Crippen LogP contribution in [0.3, 0.4) is 0 Å². The Bertz CT molecular complexity index is 1000. The number of carbonyl (C=O) groups excluding carboxylic acids is 1. The third-order valence-electron chi connectivity index (χ3n) is 4.58. The number of ketones is 1. The maximum absolute atomic E-state index is 12.8. The van der Waals surface area contributed by atoms with E-state index in [4.69, 9.17) is 0 Å². The van der Waals surface area contributed by atoms with Gasteiger partial charge in [-0.25, -0.2) is 0 Å². The van der Waals surface area contributed by atoms with Gasteiger partial charge in [0.05, 0.1) is 5.75 Å². The van der Waals surface area contributed by atoms with Crippen LogP contribution < -0.4 is 0 Å². The highest BCUT2D eigenvalue weighted by Gasteiger charge is 2.18. The summed E-state index contributed by atoms with van der Waals surface area (Å²) in [7, 11) is 0. The van der Waals surface area contributed by atoms with Crippen molar-refractivity contribution in [2.75, 3.05) is 5.75 Å². The Labute approximate surface area is 169 Å². The summed E-state index contributed by atoms with van der Waals surface area (Å²) in [5.41, 5.74) is 3.78. The lowest BCUT2D eigenvalue weighted by Crippen LogP contribution is -2.07. The second-order valence-corrected chi connectivity index (χ2v) is 7.41. The second-order valence-electron chi connectivity index (χ2n) is 6.47. The molecule has 3 rings (SSSR count). The molecule has 2 aromatic heterocycles. The van der Waals surface area contributed by atoms with Gasteiger partial charge in [0.1, 0.15) is 0 Å². The lowest BCUT2D eigenvalue weighted by atomic mass is 10.2. The van der Waals surface area contributed by atoms with Crippen LogP contribution in [0.1, 0.15) is 21.7 Å². The first kappa shape index (κ1) is 19.9. The molecule has 0 spiro atoms. The van der Waals surface area contributed by atoms with Crippen molar-refractivity contribution in [3.8, 4) is 11.4 Å². The Hall–Kier alpha value is -2.86. The highest BCUT2D eigenvalue weighted by atomic mass is 32.2. The summed E-state index contributed by atoms with van der Waals surface area (Å²) in [4.78, 5) is 12.8. The van der Waals surface area contributed by atoms with Crippen molar-refractivity contribution in [1.29, 1.82) is 0 Å². The van der Waals surface area contributed by atoms with Crippen LogP contribution in [-0.4, -0.2) is 30.9 Å². The van der Waals surface area contributed by atoms with Gasteiger partial charge in [-0.15, -0.1) is 23.4 Å². The van der Waals surface area contributed by atoms with E-state index in [1.54, 1.807) is 0 Å². The predicted molar refractivity (Wildman–Crippen MR) is 115 cm³/mol. The first-order valence-electron chi connectivity index (χ1n) is 9.10. The third kappa shape index (κ3) is 4.02. The largest absolute Gasteiger partial charge is 0.345 e. The minimum absolute atomic E-state index is 0.0860. The Morgan fingerprint density at radius 2 is 1.75 bits per heavy atom. The van der Waals surface area contributed by atoms with Crippen LogP contribution in [0, 0.1) is 13.8 Å². The average Bonchev–Trinajstić information content (AvgIpc) is 3.23. The molecule has 0 aliphatic carbocycles. The monoisotopic (exact) mass is 392 g/mol. The summed E-state index contributed by atoms with van der Waals surface area (Å²) in [6, 6.07) is 11.9. The molecule has 0 aliphatic rings. The van der Waals surface area contributed by atoms with Crippen molar-refractivity contribution in [3.05, 3.63) is 78.7 Å². The Morgan fingerprint density at radius 3 is 2.43 bits per heavy atom. The van der Waals surface area contributed by atoms with Crippen molar-refractivity contribution in [2.24, 2.45) is 0 Å². The van der Waals surface area contributed by atoms with Crippen LogP contribution in [0.25, 0.3) is 11.4 Å². The van der Waals surface area contributed by atoms with Crippen LogP contribution in [0.4, 0.5) is 0 Å². The summed E-state index contributed by atoms with van der Waals surface area (Å²) in [5, 5.41) is 9.36. The molecule has 1 aromatic carbocycles. The Balaban J connectivity index is 1.80. The van der Waals surface area contributed by atoms with E-state index in [1.165, 1.54) is 11.8 Å². The highest BCUT2D eigenvalue weighted by Crippen LogP contribution is 2.25. The van der Waals surface area contributed by atoms with Crippen LogP contribution in [0.2, 0.25) is 0 Å². The minimum atomic E-state index is 0.0860. The van der Waals surface area contributed by atoms with Gasteiger partial charge in [0.15, 0.2) is 16.8 Å². The number of benzene rings is 1. The van der Waals surface area contributed by atoms with E-state index in [1.807, 2.05) is 67.0 Å². The molecule has 0 aliphatic heterocycles. The zero-order chi connectivity index (χ0) is 20.1. The zero-order valence-corrected chi connectivity index (χ0v) is 17.1. The molecule has 0 amide bonds. The van der Waals surface area contributed by atoms with E-state index in [2.05, 4.69) is 27.9 Å². The molecule has 0 fully saturated rings. The smallest absolute Gasteiger partial charge is 0.192 e. The molecule has 6 heteroatoms. The van der Waals surface area contributed by atoms with Gasteiger partial charge >= 0.3 is 0 Å². The number of Topliss-reactive ketones (excluding diaryl/α,β-unsaturated/α-hetero) is 1. The lowest BCUT2D eigenvalue weighted by molar-refractivity contribution is 0.102. The molecule has 28 heavy (non-hydrogen) atoms. The average molecular weight is 393 g/mol. The molecular weight excluding hydrogens is 368 g/mol. The van der Waals surface area contributed by atoms with Gasteiger partial charge in [-0.1, -0.05) is 54.2 Å². The number of rotatable bonds is 9. The number of nitrogens with zero attached hydrogens (tertiary/aromatic N) is 4. The van der Waals surface area contributed by atoms with E-state index in [-0.39, 0.29) is 5.78 Å². The number of aryl methyl sites for hydroxylation is 1. The molecule has 2 heterocycles. The van der Waals surface area contributed by atoms with E-state index in [0.29, 0.717) is 24.0 Å². The van der Waals surface area contributed by atoms with Gasteiger partial charge in [0, 0.05) is 35.6 Å². The Morgan fingerprint density at radius 1 is 1.07 bits per heavy atom. The molecule has 3 aromatic rings. The van der Waals surface area contributed by atoms with Crippen LogP contribution in [0.15, 0.2) is 66.9 Å². The maximum Gasteiger partial charge on any atom is 0.192 e. The standard InChI is InChI=1S/C22H24N4OS/c1-5-12-25-16(3)14-19(17(25)4)20(27)15-28-22-24-23-21(26(22)13-6-2)18-10-8-7-9-11-18/h5-11,14H,1-2,12-13,15H2,3-4H3.